The maximum absolute atomic E-state index is 5.87. The van der Waals surface area contributed by atoms with E-state index in [1.165, 1.54) is 9.75 Å². The molecule has 2 aromatic heterocycles. The van der Waals surface area contributed by atoms with Crippen LogP contribution in [0.15, 0.2) is 30.6 Å². The average Bonchev–Trinajstić information content (AvgIpc) is 2.84. The monoisotopic (exact) mass is 310 g/mol. The number of ether oxygens (including phenoxy) is 1. The number of halogens is 1. The molecule has 5 heteroatoms. The van der Waals surface area contributed by atoms with E-state index < -0.39 is 0 Å². The smallest absolute Gasteiger partial charge is 0.139 e. The van der Waals surface area contributed by atoms with Crippen molar-refractivity contribution in [1.29, 1.82) is 0 Å². The van der Waals surface area contributed by atoms with Crippen LogP contribution < -0.4 is 10.1 Å². The van der Waals surface area contributed by atoms with Crippen LogP contribution in [0.5, 0.6) is 5.75 Å². The number of hydrogen-bond donors (Lipinski definition) is 1. The van der Waals surface area contributed by atoms with E-state index in [0.29, 0.717) is 23.3 Å². The van der Waals surface area contributed by atoms with Gasteiger partial charge in [0.1, 0.15) is 12.4 Å². The van der Waals surface area contributed by atoms with Gasteiger partial charge in [-0.2, -0.15) is 0 Å². The van der Waals surface area contributed by atoms with E-state index in [0.717, 1.165) is 13.1 Å². The molecule has 0 aromatic carbocycles. The summed E-state index contributed by atoms with van der Waals surface area (Å²) in [6, 6.07) is 6.02. The Kier molecular flexibility index (Phi) is 5.83. The lowest BCUT2D eigenvalue weighted by Gasteiger charge is -2.05. The zero-order chi connectivity index (χ0) is 14.4. The van der Waals surface area contributed by atoms with Crippen molar-refractivity contribution >= 4 is 22.9 Å². The largest absolute Gasteiger partial charge is 0.486 e. The van der Waals surface area contributed by atoms with E-state index in [2.05, 4.69) is 36.3 Å². The molecule has 0 amide bonds. The summed E-state index contributed by atoms with van der Waals surface area (Å²) in [6.07, 6.45) is 3.27. The molecule has 3 nitrogen and oxygen atoms in total. The van der Waals surface area contributed by atoms with Crippen molar-refractivity contribution < 1.29 is 4.74 Å². The SMILES string of the molecule is CC(C)CNCc1ccc(COc2cncc(Cl)c2)s1. The Hall–Kier alpha value is -1.10. The fraction of sp³-hybridized carbons (Fsp3) is 0.400. The van der Waals surface area contributed by atoms with Crippen LogP contribution in [-0.2, 0) is 13.2 Å². The molecule has 0 fully saturated rings. The Morgan fingerprint density at radius 3 is 2.85 bits per heavy atom. The van der Waals surface area contributed by atoms with Crippen LogP contribution in [0.2, 0.25) is 5.02 Å². The van der Waals surface area contributed by atoms with Crippen LogP contribution >= 0.6 is 22.9 Å². The molecular weight excluding hydrogens is 292 g/mol. The minimum atomic E-state index is 0.552. The quantitative estimate of drug-likeness (QED) is 0.835. The maximum atomic E-state index is 5.87. The minimum Gasteiger partial charge on any atom is -0.486 e. The predicted molar refractivity (Wildman–Crippen MR) is 84.4 cm³/mol. The Labute approximate surface area is 129 Å². The third kappa shape index (κ3) is 5.12. The van der Waals surface area contributed by atoms with E-state index in [1.807, 2.05) is 0 Å². The van der Waals surface area contributed by atoms with Crippen molar-refractivity contribution in [3.63, 3.8) is 0 Å². The molecule has 0 aliphatic heterocycles. The van der Waals surface area contributed by atoms with Gasteiger partial charge in [-0.3, -0.25) is 4.98 Å². The van der Waals surface area contributed by atoms with Crippen molar-refractivity contribution in [2.24, 2.45) is 5.92 Å². The summed E-state index contributed by atoms with van der Waals surface area (Å²) in [6.45, 7) is 6.93. The third-order valence-corrected chi connectivity index (χ3v) is 3.90. The number of aromatic nitrogens is 1. The van der Waals surface area contributed by atoms with Gasteiger partial charge in [-0.15, -0.1) is 11.3 Å². The molecule has 2 heterocycles. The standard InChI is InChI=1S/C15H19ClN2OS/c1-11(2)6-17-9-14-3-4-15(20-14)10-19-13-5-12(16)7-18-8-13/h3-5,7-8,11,17H,6,9-10H2,1-2H3. The van der Waals surface area contributed by atoms with Crippen LogP contribution in [0.25, 0.3) is 0 Å². The summed E-state index contributed by atoms with van der Waals surface area (Å²) >= 11 is 7.63. The molecule has 0 saturated carbocycles. The molecule has 108 valence electrons. The van der Waals surface area contributed by atoms with Gasteiger partial charge in [-0.05, 0) is 24.6 Å². The van der Waals surface area contributed by atoms with Crippen LogP contribution in [0, 0.1) is 5.92 Å². The van der Waals surface area contributed by atoms with Gasteiger partial charge in [0.25, 0.3) is 0 Å². The lowest BCUT2D eigenvalue weighted by atomic mass is 10.2. The number of rotatable bonds is 7. The molecule has 0 aliphatic carbocycles. The second kappa shape index (κ2) is 7.62. The molecule has 0 aliphatic rings. The Morgan fingerprint density at radius 1 is 1.30 bits per heavy atom. The van der Waals surface area contributed by atoms with E-state index in [9.17, 15) is 0 Å². The zero-order valence-corrected chi connectivity index (χ0v) is 13.3. The van der Waals surface area contributed by atoms with Gasteiger partial charge in [0.2, 0.25) is 0 Å². The maximum Gasteiger partial charge on any atom is 0.139 e. The third-order valence-electron chi connectivity index (χ3n) is 2.63. The molecule has 0 unspecified atom stereocenters. The molecule has 0 radical (unpaired) electrons. The lowest BCUT2D eigenvalue weighted by Crippen LogP contribution is -2.18. The number of nitrogens with one attached hydrogen (secondary N) is 1. The van der Waals surface area contributed by atoms with Crippen LogP contribution in [-0.4, -0.2) is 11.5 Å². The molecule has 2 aromatic rings. The molecular formula is C15H19ClN2OS. The molecule has 2 rings (SSSR count). The first-order valence-electron chi connectivity index (χ1n) is 6.65. The topological polar surface area (TPSA) is 34.1 Å². The predicted octanol–water partition coefficient (Wildman–Crippen LogP) is 4.12. The van der Waals surface area contributed by atoms with Crippen molar-refractivity contribution in [2.75, 3.05) is 6.54 Å². The normalized spacial score (nSPS) is 11.0. The second-order valence-corrected chi connectivity index (χ2v) is 6.71. The molecule has 0 atom stereocenters. The van der Waals surface area contributed by atoms with Gasteiger partial charge >= 0.3 is 0 Å². The van der Waals surface area contributed by atoms with E-state index in [1.54, 1.807) is 29.8 Å². The Balaban J connectivity index is 1.80. The Bertz CT molecular complexity index is 542. The summed E-state index contributed by atoms with van der Waals surface area (Å²) in [5, 5.41) is 4.03. The molecule has 0 bridgehead atoms. The summed E-state index contributed by atoms with van der Waals surface area (Å²) in [5.41, 5.74) is 0. The first-order chi connectivity index (χ1) is 9.63. The Morgan fingerprint density at radius 2 is 2.10 bits per heavy atom. The summed E-state index contributed by atoms with van der Waals surface area (Å²) in [5.74, 6) is 1.37. The van der Waals surface area contributed by atoms with Gasteiger partial charge in [0.05, 0.1) is 11.2 Å². The van der Waals surface area contributed by atoms with Gasteiger partial charge in [0.15, 0.2) is 0 Å². The van der Waals surface area contributed by atoms with Gasteiger partial charge in [-0.25, -0.2) is 0 Å². The highest BCUT2D eigenvalue weighted by atomic mass is 35.5. The minimum absolute atomic E-state index is 0.552. The zero-order valence-electron chi connectivity index (χ0n) is 11.7. The van der Waals surface area contributed by atoms with E-state index >= 15 is 0 Å². The first-order valence-corrected chi connectivity index (χ1v) is 7.84. The van der Waals surface area contributed by atoms with Crippen molar-refractivity contribution in [1.82, 2.24) is 10.3 Å². The highest BCUT2D eigenvalue weighted by Crippen LogP contribution is 2.20. The van der Waals surface area contributed by atoms with Crippen molar-refractivity contribution in [3.8, 4) is 5.75 Å². The molecule has 0 spiro atoms. The highest BCUT2D eigenvalue weighted by Gasteiger charge is 2.03. The van der Waals surface area contributed by atoms with E-state index in [-0.39, 0.29) is 0 Å². The first kappa shape index (κ1) is 15.3. The number of pyridine rings is 1. The molecule has 20 heavy (non-hydrogen) atoms. The second-order valence-electron chi connectivity index (χ2n) is 5.02. The van der Waals surface area contributed by atoms with E-state index in [4.69, 9.17) is 16.3 Å². The fourth-order valence-electron chi connectivity index (χ4n) is 1.70. The van der Waals surface area contributed by atoms with Crippen LogP contribution in [0.1, 0.15) is 23.6 Å². The summed E-state index contributed by atoms with van der Waals surface area (Å²) < 4.78 is 5.67. The van der Waals surface area contributed by atoms with Gasteiger partial charge < -0.3 is 10.1 Å². The van der Waals surface area contributed by atoms with Gasteiger partial charge in [0, 0.05) is 28.6 Å². The highest BCUT2D eigenvalue weighted by molar-refractivity contribution is 7.11. The van der Waals surface area contributed by atoms with Gasteiger partial charge in [-0.1, -0.05) is 25.4 Å². The van der Waals surface area contributed by atoms with Crippen molar-refractivity contribution in [3.05, 3.63) is 45.4 Å². The average molecular weight is 311 g/mol. The van der Waals surface area contributed by atoms with Crippen molar-refractivity contribution in [2.45, 2.75) is 27.0 Å². The lowest BCUT2D eigenvalue weighted by molar-refractivity contribution is 0.308. The summed E-state index contributed by atoms with van der Waals surface area (Å²) in [7, 11) is 0. The number of hydrogen-bond acceptors (Lipinski definition) is 4. The number of nitrogens with zero attached hydrogens (tertiary/aromatic N) is 1. The number of thiophene rings is 1. The molecule has 0 saturated heterocycles. The van der Waals surface area contributed by atoms with Crippen LogP contribution in [0.3, 0.4) is 0 Å². The van der Waals surface area contributed by atoms with Crippen LogP contribution in [0.4, 0.5) is 0 Å². The summed E-state index contributed by atoms with van der Waals surface area (Å²) in [4.78, 5) is 6.52. The fourth-order valence-corrected chi connectivity index (χ4v) is 2.77. The molecule has 1 N–H and O–H groups in total.